The van der Waals surface area contributed by atoms with Crippen LogP contribution in [0.25, 0.3) is 0 Å². The molecule has 1 aliphatic rings. The third kappa shape index (κ3) is 4.15. The number of aryl methyl sites for hydroxylation is 1. The van der Waals surface area contributed by atoms with Crippen molar-refractivity contribution in [3.63, 3.8) is 0 Å². The molecule has 3 rings (SSSR count). The second-order valence-corrected chi connectivity index (χ2v) is 5.86. The summed E-state index contributed by atoms with van der Waals surface area (Å²) in [6, 6.07) is 4.90. The summed E-state index contributed by atoms with van der Waals surface area (Å²) in [5.74, 6) is 1.26. The van der Waals surface area contributed by atoms with E-state index in [-0.39, 0.29) is 41.8 Å². The van der Waals surface area contributed by atoms with E-state index in [1.54, 1.807) is 23.9 Å². The SMILES string of the molecule is CN=C(NCc1ncnn1C)NC1CC1c1c(F)cccc1Cl.I. The Bertz CT molecular complexity index is 714. The molecular formula is C15H19ClFIN6. The fourth-order valence-corrected chi connectivity index (χ4v) is 2.85. The van der Waals surface area contributed by atoms with E-state index in [1.807, 2.05) is 7.05 Å². The van der Waals surface area contributed by atoms with Crippen LogP contribution in [0, 0.1) is 5.82 Å². The number of hydrogen-bond donors (Lipinski definition) is 2. The molecule has 0 spiro atoms. The van der Waals surface area contributed by atoms with Gasteiger partial charge in [-0.15, -0.1) is 24.0 Å². The minimum absolute atomic E-state index is 0. The number of benzene rings is 1. The fraction of sp³-hybridized carbons (Fsp3) is 0.400. The van der Waals surface area contributed by atoms with Crippen LogP contribution in [-0.2, 0) is 13.6 Å². The lowest BCUT2D eigenvalue weighted by Gasteiger charge is -2.12. The first kappa shape index (κ1) is 18.9. The Morgan fingerprint density at radius 1 is 1.50 bits per heavy atom. The number of nitrogens with zero attached hydrogens (tertiary/aromatic N) is 4. The number of halogens is 3. The first-order chi connectivity index (χ1) is 11.1. The van der Waals surface area contributed by atoms with Crippen molar-refractivity contribution in [2.45, 2.75) is 24.9 Å². The van der Waals surface area contributed by atoms with Crippen LogP contribution < -0.4 is 10.6 Å². The van der Waals surface area contributed by atoms with Crippen LogP contribution >= 0.6 is 35.6 Å². The molecule has 2 N–H and O–H groups in total. The minimum atomic E-state index is -0.256. The summed E-state index contributed by atoms with van der Waals surface area (Å²) in [5, 5.41) is 10.9. The van der Waals surface area contributed by atoms with Gasteiger partial charge in [0.15, 0.2) is 5.96 Å². The van der Waals surface area contributed by atoms with E-state index in [1.165, 1.54) is 12.4 Å². The molecule has 1 aromatic heterocycles. The van der Waals surface area contributed by atoms with Gasteiger partial charge < -0.3 is 10.6 Å². The van der Waals surface area contributed by atoms with E-state index in [9.17, 15) is 4.39 Å². The lowest BCUT2D eigenvalue weighted by atomic mass is 10.1. The van der Waals surface area contributed by atoms with E-state index in [0.717, 1.165) is 12.2 Å². The number of nitrogens with one attached hydrogen (secondary N) is 2. The van der Waals surface area contributed by atoms with Crippen molar-refractivity contribution in [1.82, 2.24) is 25.4 Å². The standard InChI is InChI=1S/C15H18ClFN6.HI/c1-18-15(19-7-13-20-8-21-23(13)2)22-12-6-9(12)14-10(16)4-3-5-11(14)17;/h3-5,8-9,12H,6-7H2,1-2H3,(H2,18,19,22);1H. The second kappa shape index (κ2) is 8.11. The molecule has 1 aliphatic carbocycles. The van der Waals surface area contributed by atoms with Gasteiger partial charge in [0.05, 0.1) is 6.54 Å². The van der Waals surface area contributed by atoms with Crippen LogP contribution in [0.3, 0.4) is 0 Å². The van der Waals surface area contributed by atoms with Crippen LogP contribution in [-0.4, -0.2) is 33.8 Å². The fourth-order valence-electron chi connectivity index (χ4n) is 2.55. The largest absolute Gasteiger partial charge is 0.353 e. The monoisotopic (exact) mass is 464 g/mol. The zero-order valence-corrected chi connectivity index (χ0v) is 16.4. The zero-order chi connectivity index (χ0) is 16.4. The molecule has 130 valence electrons. The Balaban J connectivity index is 0.00000208. The average molecular weight is 465 g/mol. The van der Waals surface area contributed by atoms with Crippen molar-refractivity contribution in [2.75, 3.05) is 7.05 Å². The summed E-state index contributed by atoms with van der Waals surface area (Å²) in [6.45, 7) is 0.508. The molecule has 2 atom stereocenters. The molecule has 0 amide bonds. The van der Waals surface area contributed by atoms with Crippen LogP contribution in [0.1, 0.15) is 23.7 Å². The average Bonchev–Trinajstić information content (AvgIpc) is 3.15. The van der Waals surface area contributed by atoms with Gasteiger partial charge in [-0.05, 0) is 18.6 Å². The zero-order valence-electron chi connectivity index (χ0n) is 13.3. The second-order valence-electron chi connectivity index (χ2n) is 5.45. The van der Waals surface area contributed by atoms with Crippen LogP contribution in [0.5, 0.6) is 0 Å². The molecule has 1 saturated carbocycles. The Morgan fingerprint density at radius 3 is 2.92 bits per heavy atom. The molecule has 1 fully saturated rings. The van der Waals surface area contributed by atoms with Crippen LogP contribution in [0.4, 0.5) is 4.39 Å². The molecular weight excluding hydrogens is 446 g/mol. The van der Waals surface area contributed by atoms with Gasteiger partial charge in [0.2, 0.25) is 0 Å². The molecule has 1 heterocycles. The van der Waals surface area contributed by atoms with Crippen molar-refractivity contribution in [2.24, 2.45) is 12.0 Å². The Morgan fingerprint density at radius 2 is 2.29 bits per heavy atom. The smallest absolute Gasteiger partial charge is 0.191 e. The van der Waals surface area contributed by atoms with Gasteiger partial charge in [-0.3, -0.25) is 9.67 Å². The summed E-state index contributed by atoms with van der Waals surface area (Å²) >= 11 is 6.11. The maximum Gasteiger partial charge on any atom is 0.191 e. The topological polar surface area (TPSA) is 67.1 Å². The van der Waals surface area contributed by atoms with Gasteiger partial charge in [-0.2, -0.15) is 5.10 Å². The molecule has 0 aliphatic heterocycles. The molecule has 0 bridgehead atoms. The van der Waals surface area contributed by atoms with Gasteiger partial charge in [-0.1, -0.05) is 17.7 Å². The number of hydrogen-bond acceptors (Lipinski definition) is 3. The third-order valence-corrected chi connectivity index (χ3v) is 4.26. The number of rotatable bonds is 4. The Hall–Kier alpha value is -1.42. The lowest BCUT2D eigenvalue weighted by molar-refractivity contribution is 0.607. The van der Waals surface area contributed by atoms with E-state index < -0.39 is 0 Å². The van der Waals surface area contributed by atoms with Crippen molar-refractivity contribution in [3.8, 4) is 0 Å². The van der Waals surface area contributed by atoms with E-state index in [4.69, 9.17) is 11.6 Å². The number of aromatic nitrogens is 3. The molecule has 9 heteroatoms. The van der Waals surface area contributed by atoms with Crippen LogP contribution in [0.15, 0.2) is 29.5 Å². The molecule has 2 aromatic rings. The summed E-state index contributed by atoms with van der Waals surface area (Å²) in [4.78, 5) is 8.32. The molecule has 0 radical (unpaired) electrons. The maximum absolute atomic E-state index is 13.9. The minimum Gasteiger partial charge on any atom is -0.353 e. The first-order valence-corrected chi connectivity index (χ1v) is 7.72. The molecule has 24 heavy (non-hydrogen) atoms. The summed E-state index contributed by atoms with van der Waals surface area (Å²) in [6.07, 6.45) is 2.33. The van der Waals surface area contributed by atoms with Gasteiger partial charge in [-0.25, -0.2) is 9.37 Å². The quantitative estimate of drug-likeness (QED) is 0.414. The number of guanidine groups is 1. The highest BCUT2D eigenvalue weighted by molar-refractivity contribution is 14.0. The highest BCUT2D eigenvalue weighted by atomic mass is 127. The Labute approximate surface area is 161 Å². The van der Waals surface area contributed by atoms with Crippen LogP contribution in [0.2, 0.25) is 5.02 Å². The van der Waals surface area contributed by atoms with Gasteiger partial charge in [0, 0.05) is 36.6 Å². The highest BCUT2D eigenvalue weighted by Crippen LogP contribution is 2.44. The van der Waals surface area contributed by atoms with Gasteiger partial charge in [0.25, 0.3) is 0 Å². The first-order valence-electron chi connectivity index (χ1n) is 7.34. The predicted molar refractivity (Wildman–Crippen MR) is 102 cm³/mol. The van der Waals surface area contributed by atoms with E-state index in [2.05, 4.69) is 25.7 Å². The van der Waals surface area contributed by atoms with Crippen molar-refractivity contribution in [1.29, 1.82) is 0 Å². The van der Waals surface area contributed by atoms with Gasteiger partial charge >= 0.3 is 0 Å². The maximum atomic E-state index is 13.9. The van der Waals surface area contributed by atoms with Crippen molar-refractivity contribution < 1.29 is 4.39 Å². The normalized spacial score (nSPS) is 19.6. The van der Waals surface area contributed by atoms with Gasteiger partial charge in [0.1, 0.15) is 18.0 Å². The molecule has 6 nitrogen and oxygen atoms in total. The molecule has 1 aromatic carbocycles. The molecule has 0 saturated heterocycles. The third-order valence-electron chi connectivity index (χ3n) is 3.93. The Kier molecular flexibility index (Phi) is 6.39. The van der Waals surface area contributed by atoms with Crippen molar-refractivity contribution >= 4 is 41.5 Å². The highest BCUT2D eigenvalue weighted by Gasteiger charge is 2.41. The summed E-state index contributed by atoms with van der Waals surface area (Å²) < 4.78 is 15.6. The van der Waals surface area contributed by atoms with E-state index in [0.29, 0.717) is 23.1 Å². The summed E-state index contributed by atoms with van der Waals surface area (Å²) in [7, 11) is 3.52. The van der Waals surface area contributed by atoms with Crippen molar-refractivity contribution in [3.05, 3.63) is 46.8 Å². The lowest BCUT2D eigenvalue weighted by Crippen LogP contribution is -2.39. The molecule has 2 unspecified atom stereocenters. The predicted octanol–water partition coefficient (Wildman–Crippen LogP) is 2.45. The van der Waals surface area contributed by atoms with E-state index >= 15 is 0 Å². The summed E-state index contributed by atoms with van der Waals surface area (Å²) in [5.41, 5.74) is 0.579. The number of aliphatic imine (C=N–C) groups is 1.